The van der Waals surface area contributed by atoms with Crippen molar-refractivity contribution in [3.63, 3.8) is 0 Å². The van der Waals surface area contributed by atoms with Gasteiger partial charge in [0, 0.05) is 12.5 Å². The first kappa shape index (κ1) is 20.9. The molecule has 0 saturated heterocycles. The van der Waals surface area contributed by atoms with Crippen LogP contribution in [-0.4, -0.2) is 30.5 Å². The molecule has 2 amide bonds. The van der Waals surface area contributed by atoms with E-state index < -0.39 is 6.04 Å². The Labute approximate surface area is 172 Å². The third kappa shape index (κ3) is 6.34. The van der Waals surface area contributed by atoms with E-state index in [4.69, 9.17) is 4.74 Å². The van der Waals surface area contributed by atoms with Gasteiger partial charge in [-0.1, -0.05) is 69.3 Å². The molecule has 0 spiro atoms. The molecule has 1 fully saturated rings. The topological polar surface area (TPSA) is 67.4 Å². The Morgan fingerprint density at radius 1 is 1.03 bits per heavy atom. The highest BCUT2D eigenvalue weighted by atomic mass is 16.5. The summed E-state index contributed by atoms with van der Waals surface area (Å²) in [4.78, 5) is 25.2. The summed E-state index contributed by atoms with van der Waals surface area (Å²) in [5.41, 5.74) is 1.95. The lowest BCUT2D eigenvalue weighted by Crippen LogP contribution is -2.49. The lowest BCUT2D eigenvalue weighted by atomic mass is 9.86. The maximum absolute atomic E-state index is 12.6. The number of rotatable bonds is 8. The molecule has 0 aromatic heterocycles. The molecule has 2 N–H and O–H groups in total. The number of benzene rings is 2. The average molecular weight is 395 g/mol. The van der Waals surface area contributed by atoms with Crippen molar-refractivity contribution in [2.75, 3.05) is 6.61 Å². The molecule has 1 unspecified atom stereocenters. The molecule has 0 radical (unpaired) electrons. The van der Waals surface area contributed by atoms with Crippen LogP contribution in [0.4, 0.5) is 0 Å². The molecule has 1 atom stereocenters. The summed E-state index contributed by atoms with van der Waals surface area (Å²) < 4.78 is 5.81. The molecule has 3 rings (SSSR count). The second-order valence-electron chi connectivity index (χ2n) is 8.63. The van der Waals surface area contributed by atoms with Crippen molar-refractivity contribution >= 4 is 11.8 Å². The molecule has 1 saturated carbocycles. The summed E-state index contributed by atoms with van der Waals surface area (Å²) in [6, 6.07) is 17.1. The highest BCUT2D eigenvalue weighted by molar-refractivity contribution is 5.88. The van der Waals surface area contributed by atoms with Gasteiger partial charge in [-0.15, -0.1) is 0 Å². The zero-order valence-electron chi connectivity index (χ0n) is 17.4. The van der Waals surface area contributed by atoms with Gasteiger partial charge in [-0.05, 0) is 35.4 Å². The molecule has 1 aliphatic rings. The van der Waals surface area contributed by atoms with Crippen molar-refractivity contribution < 1.29 is 14.3 Å². The Balaban J connectivity index is 1.63. The lowest BCUT2D eigenvalue weighted by Gasteiger charge is -2.23. The van der Waals surface area contributed by atoms with Crippen molar-refractivity contribution in [3.05, 3.63) is 65.7 Å². The Hall–Kier alpha value is -2.82. The molecule has 29 heavy (non-hydrogen) atoms. The fraction of sp³-hybridized carbons (Fsp3) is 0.417. The SMILES string of the molecule is CC(C)(C)c1ccccc1OCC(=O)NC(Cc1ccccc1)C(=O)NC1CC1. The second-order valence-corrected chi connectivity index (χ2v) is 8.63. The van der Waals surface area contributed by atoms with E-state index in [0.29, 0.717) is 12.2 Å². The number of ether oxygens (including phenoxy) is 1. The number of nitrogens with one attached hydrogen (secondary N) is 2. The monoisotopic (exact) mass is 394 g/mol. The normalized spacial score (nSPS) is 14.7. The highest BCUT2D eigenvalue weighted by Crippen LogP contribution is 2.30. The van der Waals surface area contributed by atoms with Crippen LogP contribution >= 0.6 is 0 Å². The van der Waals surface area contributed by atoms with E-state index in [2.05, 4.69) is 31.4 Å². The second kappa shape index (κ2) is 9.12. The Kier molecular flexibility index (Phi) is 6.57. The van der Waals surface area contributed by atoms with E-state index in [1.807, 2.05) is 54.6 Å². The first-order chi connectivity index (χ1) is 13.8. The van der Waals surface area contributed by atoms with E-state index in [9.17, 15) is 9.59 Å². The van der Waals surface area contributed by atoms with Gasteiger partial charge in [0.2, 0.25) is 5.91 Å². The lowest BCUT2D eigenvalue weighted by molar-refractivity contribution is -0.130. The van der Waals surface area contributed by atoms with Gasteiger partial charge in [0.15, 0.2) is 6.61 Å². The predicted molar refractivity (Wildman–Crippen MR) is 114 cm³/mol. The van der Waals surface area contributed by atoms with Gasteiger partial charge < -0.3 is 15.4 Å². The van der Waals surface area contributed by atoms with Crippen molar-refractivity contribution in [1.29, 1.82) is 0 Å². The van der Waals surface area contributed by atoms with E-state index >= 15 is 0 Å². The van der Waals surface area contributed by atoms with Crippen LogP contribution in [-0.2, 0) is 21.4 Å². The van der Waals surface area contributed by atoms with Crippen LogP contribution < -0.4 is 15.4 Å². The largest absolute Gasteiger partial charge is 0.483 e. The van der Waals surface area contributed by atoms with Crippen LogP contribution in [0.2, 0.25) is 0 Å². The first-order valence-corrected chi connectivity index (χ1v) is 10.2. The number of carbonyl (C=O) groups excluding carboxylic acids is 2. The molecular weight excluding hydrogens is 364 g/mol. The first-order valence-electron chi connectivity index (χ1n) is 10.2. The van der Waals surface area contributed by atoms with Gasteiger partial charge in [-0.2, -0.15) is 0 Å². The number of para-hydroxylation sites is 1. The molecule has 5 heteroatoms. The Morgan fingerprint density at radius 2 is 1.69 bits per heavy atom. The fourth-order valence-corrected chi connectivity index (χ4v) is 3.18. The molecular formula is C24H30N2O3. The molecule has 0 bridgehead atoms. The van der Waals surface area contributed by atoms with Crippen molar-refractivity contribution in [1.82, 2.24) is 10.6 Å². The average Bonchev–Trinajstić information content (AvgIpc) is 3.50. The van der Waals surface area contributed by atoms with Gasteiger partial charge in [0.25, 0.3) is 5.91 Å². The molecule has 5 nitrogen and oxygen atoms in total. The quantitative estimate of drug-likeness (QED) is 0.721. The van der Waals surface area contributed by atoms with Crippen LogP contribution in [0.15, 0.2) is 54.6 Å². The molecule has 1 aliphatic carbocycles. The number of hydrogen-bond acceptors (Lipinski definition) is 3. The fourth-order valence-electron chi connectivity index (χ4n) is 3.18. The Morgan fingerprint density at radius 3 is 2.34 bits per heavy atom. The number of carbonyl (C=O) groups is 2. The molecule has 0 aliphatic heterocycles. The van der Waals surface area contributed by atoms with Crippen LogP contribution in [0.1, 0.15) is 44.7 Å². The van der Waals surface area contributed by atoms with Crippen molar-refractivity contribution in [2.24, 2.45) is 0 Å². The van der Waals surface area contributed by atoms with E-state index in [1.54, 1.807) is 0 Å². The summed E-state index contributed by atoms with van der Waals surface area (Å²) in [6.45, 7) is 6.18. The van der Waals surface area contributed by atoms with Crippen molar-refractivity contribution in [2.45, 2.75) is 57.5 Å². The molecule has 2 aromatic rings. The summed E-state index contributed by atoms with van der Waals surface area (Å²) in [5.74, 6) is 0.248. The van der Waals surface area contributed by atoms with Crippen LogP contribution in [0.5, 0.6) is 5.75 Å². The van der Waals surface area contributed by atoms with Crippen molar-refractivity contribution in [3.8, 4) is 5.75 Å². The Bertz CT molecular complexity index is 839. The maximum atomic E-state index is 12.6. The van der Waals surface area contributed by atoms with E-state index in [1.165, 1.54) is 0 Å². The summed E-state index contributed by atoms with van der Waals surface area (Å²) in [6.07, 6.45) is 2.46. The minimum atomic E-state index is -0.619. The zero-order valence-corrected chi connectivity index (χ0v) is 17.4. The zero-order chi connectivity index (χ0) is 20.9. The van der Waals surface area contributed by atoms with Crippen LogP contribution in [0.3, 0.4) is 0 Å². The standard InChI is InChI=1S/C24H30N2O3/c1-24(2,3)19-11-7-8-12-21(19)29-16-22(27)26-20(23(28)25-18-13-14-18)15-17-9-5-4-6-10-17/h4-12,18,20H,13-16H2,1-3H3,(H,25,28)(H,26,27). The van der Waals surface area contributed by atoms with Gasteiger partial charge in [-0.25, -0.2) is 0 Å². The van der Waals surface area contributed by atoms with Gasteiger partial charge in [0.05, 0.1) is 0 Å². The summed E-state index contributed by atoms with van der Waals surface area (Å²) >= 11 is 0. The van der Waals surface area contributed by atoms with E-state index in [0.717, 1.165) is 24.0 Å². The van der Waals surface area contributed by atoms with Gasteiger partial charge in [0.1, 0.15) is 11.8 Å². The molecule has 0 heterocycles. The number of hydrogen-bond donors (Lipinski definition) is 2. The third-order valence-electron chi connectivity index (χ3n) is 4.91. The summed E-state index contributed by atoms with van der Waals surface area (Å²) in [5, 5.41) is 5.84. The maximum Gasteiger partial charge on any atom is 0.258 e. The molecule has 2 aromatic carbocycles. The predicted octanol–water partition coefficient (Wildman–Crippen LogP) is 3.37. The van der Waals surface area contributed by atoms with Crippen LogP contribution in [0, 0.1) is 0 Å². The minimum Gasteiger partial charge on any atom is -0.483 e. The minimum absolute atomic E-state index is 0.0902. The van der Waals surface area contributed by atoms with Gasteiger partial charge in [-0.3, -0.25) is 9.59 Å². The smallest absolute Gasteiger partial charge is 0.258 e. The molecule has 154 valence electrons. The van der Waals surface area contributed by atoms with E-state index in [-0.39, 0.29) is 29.9 Å². The summed E-state index contributed by atoms with van der Waals surface area (Å²) in [7, 11) is 0. The van der Waals surface area contributed by atoms with Crippen LogP contribution in [0.25, 0.3) is 0 Å². The van der Waals surface area contributed by atoms with Gasteiger partial charge >= 0.3 is 0 Å². The third-order valence-corrected chi connectivity index (χ3v) is 4.91. The number of amides is 2. The highest BCUT2D eigenvalue weighted by Gasteiger charge is 2.28.